The van der Waals surface area contributed by atoms with E-state index in [0.717, 1.165) is 13.0 Å². The van der Waals surface area contributed by atoms with E-state index >= 15 is 0 Å². The van der Waals surface area contributed by atoms with Crippen LogP contribution in [0.4, 0.5) is 0 Å². The summed E-state index contributed by atoms with van der Waals surface area (Å²) < 4.78 is 0. The van der Waals surface area contributed by atoms with Crippen molar-refractivity contribution in [1.82, 2.24) is 4.90 Å². The molecule has 0 spiro atoms. The zero-order valence-electron chi connectivity index (χ0n) is 7.92. The second-order valence-electron chi connectivity index (χ2n) is 3.53. The van der Waals surface area contributed by atoms with Gasteiger partial charge in [0.25, 0.3) is 0 Å². The molecule has 1 aliphatic heterocycles. The monoisotopic (exact) mass is 170 g/mol. The van der Waals surface area contributed by atoms with Crippen molar-refractivity contribution in [3.63, 3.8) is 0 Å². The Morgan fingerprint density at radius 3 is 2.75 bits per heavy atom. The largest absolute Gasteiger partial charge is 0.340 e. The van der Waals surface area contributed by atoms with Crippen LogP contribution >= 0.6 is 0 Å². The Morgan fingerprint density at radius 2 is 2.33 bits per heavy atom. The average Bonchev–Trinajstić information content (AvgIpc) is 2.32. The molecule has 0 aromatic heterocycles. The third-order valence-electron chi connectivity index (χ3n) is 2.70. The Balaban J connectivity index is 2.57. The van der Waals surface area contributed by atoms with Crippen LogP contribution in [0.3, 0.4) is 0 Å². The molecule has 1 amide bonds. The number of hydrogen-bond acceptors (Lipinski definition) is 2. The van der Waals surface area contributed by atoms with Crippen molar-refractivity contribution in [2.45, 2.75) is 32.7 Å². The molecule has 2 atom stereocenters. The van der Waals surface area contributed by atoms with Crippen molar-refractivity contribution in [1.29, 1.82) is 0 Å². The Bertz CT molecular complexity index is 170. The minimum atomic E-state index is 0.278. The molecule has 0 saturated carbocycles. The van der Waals surface area contributed by atoms with Crippen LogP contribution in [0.1, 0.15) is 26.7 Å². The number of rotatable bonds is 3. The predicted octanol–water partition coefficient (Wildman–Crippen LogP) is 0.592. The highest BCUT2D eigenvalue weighted by atomic mass is 16.2. The van der Waals surface area contributed by atoms with Crippen LogP contribution in [0.25, 0.3) is 0 Å². The van der Waals surface area contributed by atoms with Gasteiger partial charge in [-0.1, -0.05) is 6.92 Å². The molecule has 0 aromatic carbocycles. The summed E-state index contributed by atoms with van der Waals surface area (Å²) in [5, 5.41) is 0. The van der Waals surface area contributed by atoms with Crippen LogP contribution < -0.4 is 5.73 Å². The molecule has 2 N–H and O–H groups in total. The number of nitrogens with zero attached hydrogens (tertiary/aromatic N) is 1. The first kappa shape index (κ1) is 9.52. The second-order valence-corrected chi connectivity index (χ2v) is 3.53. The Morgan fingerprint density at radius 1 is 1.67 bits per heavy atom. The van der Waals surface area contributed by atoms with Gasteiger partial charge in [0.2, 0.25) is 5.91 Å². The van der Waals surface area contributed by atoms with E-state index < -0.39 is 0 Å². The third kappa shape index (κ3) is 1.61. The van der Waals surface area contributed by atoms with Crippen molar-refractivity contribution in [2.75, 3.05) is 13.1 Å². The van der Waals surface area contributed by atoms with Crippen molar-refractivity contribution in [3.05, 3.63) is 0 Å². The van der Waals surface area contributed by atoms with E-state index in [0.29, 0.717) is 24.9 Å². The van der Waals surface area contributed by atoms with Crippen molar-refractivity contribution >= 4 is 5.91 Å². The topological polar surface area (TPSA) is 46.3 Å². The normalized spacial score (nSPS) is 29.9. The smallest absolute Gasteiger partial charge is 0.223 e. The van der Waals surface area contributed by atoms with Crippen molar-refractivity contribution < 1.29 is 4.79 Å². The molecule has 3 nitrogen and oxygen atoms in total. The Labute approximate surface area is 73.9 Å². The third-order valence-corrected chi connectivity index (χ3v) is 2.70. The summed E-state index contributed by atoms with van der Waals surface area (Å²) in [5.74, 6) is 0.656. The highest BCUT2D eigenvalue weighted by Gasteiger charge is 2.34. The van der Waals surface area contributed by atoms with Crippen LogP contribution in [-0.2, 0) is 4.79 Å². The van der Waals surface area contributed by atoms with Gasteiger partial charge in [-0.3, -0.25) is 4.79 Å². The summed E-state index contributed by atoms with van der Waals surface area (Å²) in [4.78, 5) is 13.4. The molecule has 1 heterocycles. The van der Waals surface area contributed by atoms with Gasteiger partial charge < -0.3 is 10.6 Å². The predicted molar refractivity (Wildman–Crippen MR) is 48.6 cm³/mol. The Kier molecular flexibility index (Phi) is 3.09. The minimum Gasteiger partial charge on any atom is -0.340 e. The van der Waals surface area contributed by atoms with E-state index in [1.54, 1.807) is 0 Å². The summed E-state index contributed by atoms with van der Waals surface area (Å²) >= 11 is 0. The van der Waals surface area contributed by atoms with E-state index in [2.05, 4.69) is 13.8 Å². The summed E-state index contributed by atoms with van der Waals surface area (Å²) in [7, 11) is 0. The standard InChI is InChI=1S/C9H18N2O/c1-3-4-11-7(2)8(6-10)5-9(11)12/h7-8H,3-6,10H2,1-2H3. The molecule has 0 radical (unpaired) electrons. The number of carbonyl (C=O) groups is 1. The van der Waals surface area contributed by atoms with Crippen LogP contribution in [0.15, 0.2) is 0 Å². The maximum Gasteiger partial charge on any atom is 0.223 e. The lowest BCUT2D eigenvalue weighted by Gasteiger charge is -2.23. The number of nitrogens with two attached hydrogens (primary N) is 1. The molecule has 0 aromatic rings. The van der Waals surface area contributed by atoms with Crippen LogP contribution in [0, 0.1) is 5.92 Å². The van der Waals surface area contributed by atoms with Gasteiger partial charge in [-0.2, -0.15) is 0 Å². The molecule has 1 fully saturated rings. The van der Waals surface area contributed by atoms with Crippen molar-refractivity contribution in [3.8, 4) is 0 Å². The molecule has 1 saturated heterocycles. The molecule has 2 unspecified atom stereocenters. The van der Waals surface area contributed by atoms with E-state index in [1.165, 1.54) is 0 Å². The molecule has 3 heteroatoms. The molecule has 1 rings (SSSR count). The lowest BCUT2D eigenvalue weighted by molar-refractivity contribution is -0.128. The van der Waals surface area contributed by atoms with Gasteiger partial charge in [-0.05, 0) is 19.9 Å². The summed E-state index contributed by atoms with van der Waals surface area (Å²) in [6, 6.07) is 0.349. The number of amides is 1. The second kappa shape index (κ2) is 3.90. The lowest BCUT2D eigenvalue weighted by Crippen LogP contribution is -2.35. The van der Waals surface area contributed by atoms with E-state index in [9.17, 15) is 4.79 Å². The first-order chi connectivity index (χ1) is 5.70. The highest BCUT2D eigenvalue weighted by molar-refractivity contribution is 5.79. The molecular formula is C9H18N2O. The first-order valence-corrected chi connectivity index (χ1v) is 4.70. The summed E-state index contributed by atoms with van der Waals surface area (Å²) in [6.45, 7) is 5.71. The summed E-state index contributed by atoms with van der Waals surface area (Å²) in [5.41, 5.74) is 5.57. The highest BCUT2D eigenvalue weighted by Crippen LogP contribution is 2.24. The van der Waals surface area contributed by atoms with Gasteiger partial charge in [0.15, 0.2) is 0 Å². The maximum atomic E-state index is 11.4. The van der Waals surface area contributed by atoms with Gasteiger partial charge in [-0.15, -0.1) is 0 Å². The molecule has 0 bridgehead atoms. The zero-order valence-corrected chi connectivity index (χ0v) is 7.92. The van der Waals surface area contributed by atoms with Gasteiger partial charge in [0.1, 0.15) is 0 Å². The number of likely N-dealkylation sites (tertiary alicyclic amines) is 1. The van der Waals surface area contributed by atoms with E-state index in [1.807, 2.05) is 4.90 Å². The van der Waals surface area contributed by atoms with Gasteiger partial charge in [0, 0.05) is 24.9 Å². The fraction of sp³-hybridized carbons (Fsp3) is 0.889. The van der Waals surface area contributed by atoms with Gasteiger partial charge >= 0.3 is 0 Å². The maximum absolute atomic E-state index is 11.4. The number of hydrogen-bond donors (Lipinski definition) is 1. The average molecular weight is 170 g/mol. The van der Waals surface area contributed by atoms with Crippen LogP contribution in [0.5, 0.6) is 0 Å². The van der Waals surface area contributed by atoms with Gasteiger partial charge in [0.05, 0.1) is 0 Å². The molecule has 12 heavy (non-hydrogen) atoms. The molecule has 0 aliphatic carbocycles. The summed E-state index contributed by atoms with van der Waals surface area (Å²) in [6.07, 6.45) is 1.69. The SMILES string of the molecule is CCCN1C(=O)CC(CN)C1C. The fourth-order valence-electron chi connectivity index (χ4n) is 1.84. The van der Waals surface area contributed by atoms with Crippen molar-refractivity contribution in [2.24, 2.45) is 11.7 Å². The molecule has 70 valence electrons. The van der Waals surface area contributed by atoms with Crippen LogP contribution in [-0.4, -0.2) is 29.9 Å². The number of carbonyl (C=O) groups excluding carboxylic acids is 1. The fourth-order valence-corrected chi connectivity index (χ4v) is 1.84. The minimum absolute atomic E-state index is 0.278. The first-order valence-electron chi connectivity index (χ1n) is 4.70. The molecular weight excluding hydrogens is 152 g/mol. The van der Waals surface area contributed by atoms with Gasteiger partial charge in [-0.25, -0.2) is 0 Å². The Hall–Kier alpha value is -0.570. The van der Waals surface area contributed by atoms with E-state index in [-0.39, 0.29) is 5.91 Å². The lowest BCUT2D eigenvalue weighted by atomic mass is 10.0. The van der Waals surface area contributed by atoms with Crippen LogP contribution in [0.2, 0.25) is 0 Å². The van der Waals surface area contributed by atoms with E-state index in [4.69, 9.17) is 5.73 Å². The quantitative estimate of drug-likeness (QED) is 0.674. The zero-order chi connectivity index (χ0) is 9.14. The molecule has 1 aliphatic rings.